The summed E-state index contributed by atoms with van der Waals surface area (Å²) in [5.74, 6) is 0.618. The van der Waals surface area contributed by atoms with Crippen molar-refractivity contribution in [3.05, 3.63) is 29.8 Å². The quantitative estimate of drug-likeness (QED) is 0.701. The zero-order chi connectivity index (χ0) is 25.1. The molecule has 0 spiro atoms. The van der Waals surface area contributed by atoms with Crippen LogP contribution in [0.4, 0.5) is 10.5 Å². The predicted octanol–water partition coefficient (Wildman–Crippen LogP) is 4.46. The lowest BCUT2D eigenvalue weighted by molar-refractivity contribution is -0.127. The molecule has 2 heterocycles. The molecule has 0 radical (unpaired) electrons. The van der Waals surface area contributed by atoms with Gasteiger partial charge in [0, 0.05) is 51.4 Å². The number of benzene rings is 1. The van der Waals surface area contributed by atoms with Crippen molar-refractivity contribution in [2.45, 2.75) is 79.4 Å². The SMILES string of the molecule is CC(=O)NN1CCC(Cc2ccc(N3CCN(C(=O)OC(C)(C)C)CC3)cc2)CC1C(C)(C)C. The molecule has 3 rings (SSSR count). The molecule has 34 heavy (non-hydrogen) atoms. The number of piperazine rings is 1. The number of nitrogens with zero attached hydrogens (tertiary/aromatic N) is 3. The van der Waals surface area contributed by atoms with Crippen molar-refractivity contribution in [3.63, 3.8) is 0 Å². The van der Waals surface area contributed by atoms with E-state index in [9.17, 15) is 9.59 Å². The largest absolute Gasteiger partial charge is 0.444 e. The smallest absolute Gasteiger partial charge is 0.410 e. The Bertz CT molecular complexity index is 833. The normalized spacial score (nSPS) is 22.4. The van der Waals surface area contributed by atoms with Gasteiger partial charge in [-0.1, -0.05) is 32.9 Å². The Labute approximate surface area is 205 Å². The highest BCUT2D eigenvalue weighted by molar-refractivity contribution is 5.72. The minimum atomic E-state index is -0.461. The third kappa shape index (κ3) is 7.36. The van der Waals surface area contributed by atoms with Gasteiger partial charge in [0.05, 0.1) is 0 Å². The molecule has 2 saturated heterocycles. The van der Waals surface area contributed by atoms with Crippen molar-refractivity contribution >= 4 is 17.7 Å². The molecule has 0 aromatic heterocycles. The summed E-state index contributed by atoms with van der Waals surface area (Å²) in [6.07, 6.45) is 3.01. The second-order valence-electron chi connectivity index (χ2n) is 12.0. The molecular formula is C27H44N4O3. The Morgan fingerprint density at radius 2 is 1.59 bits per heavy atom. The summed E-state index contributed by atoms with van der Waals surface area (Å²) in [5.41, 5.74) is 5.26. The van der Waals surface area contributed by atoms with E-state index in [0.717, 1.165) is 38.9 Å². The number of amides is 2. The second-order valence-corrected chi connectivity index (χ2v) is 12.0. The molecule has 0 bridgehead atoms. The molecule has 2 fully saturated rings. The average molecular weight is 473 g/mol. The Kier molecular flexibility index (Phi) is 8.17. The van der Waals surface area contributed by atoms with E-state index in [-0.39, 0.29) is 17.4 Å². The van der Waals surface area contributed by atoms with Gasteiger partial charge in [-0.15, -0.1) is 0 Å². The Morgan fingerprint density at radius 1 is 0.971 bits per heavy atom. The van der Waals surface area contributed by atoms with E-state index in [4.69, 9.17) is 4.74 Å². The van der Waals surface area contributed by atoms with Gasteiger partial charge in [0.25, 0.3) is 0 Å². The van der Waals surface area contributed by atoms with Crippen molar-refractivity contribution in [1.29, 1.82) is 0 Å². The van der Waals surface area contributed by atoms with Crippen LogP contribution in [0, 0.1) is 11.3 Å². The fourth-order valence-corrected chi connectivity index (χ4v) is 5.03. The van der Waals surface area contributed by atoms with E-state index in [1.807, 2.05) is 20.8 Å². The minimum Gasteiger partial charge on any atom is -0.444 e. The van der Waals surface area contributed by atoms with Crippen LogP contribution < -0.4 is 10.3 Å². The molecule has 190 valence electrons. The van der Waals surface area contributed by atoms with E-state index in [2.05, 4.69) is 60.4 Å². The van der Waals surface area contributed by atoms with Crippen LogP contribution in [0.25, 0.3) is 0 Å². The van der Waals surface area contributed by atoms with Gasteiger partial charge < -0.3 is 14.5 Å². The fraction of sp³-hybridized carbons (Fsp3) is 0.704. The highest BCUT2D eigenvalue weighted by Crippen LogP contribution is 2.35. The molecular weight excluding hydrogens is 428 g/mol. The monoisotopic (exact) mass is 472 g/mol. The number of piperidine rings is 1. The van der Waals surface area contributed by atoms with Crippen molar-refractivity contribution < 1.29 is 14.3 Å². The summed E-state index contributed by atoms with van der Waals surface area (Å²) < 4.78 is 5.50. The predicted molar refractivity (Wildman–Crippen MR) is 137 cm³/mol. The lowest BCUT2D eigenvalue weighted by Crippen LogP contribution is -2.56. The van der Waals surface area contributed by atoms with Crippen LogP contribution in [0.5, 0.6) is 0 Å². The molecule has 7 heteroatoms. The zero-order valence-corrected chi connectivity index (χ0v) is 22.2. The van der Waals surface area contributed by atoms with Crippen LogP contribution in [0.1, 0.15) is 66.9 Å². The number of carbonyl (C=O) groups is 2. The molecule has 0 saturated carbocycles. The summed E-state index contributed by atoms with van der Waals surface area (Å²) in [7, 11) is 0. The molecule has 7 nitrogen and oxygen atoms in total. The van der Waals surface area contributed by atoms with Crippen LogP contribution in [0.2, 0.25) is 0 Å². The van der Waals surface area contributed by atoms with Gasteiger partial charge in [0.2, 0.25) is 5.91 Å². The lowest BCUT2D eigenvalue weighted by atomic mass is 9.76. The first-order chi connectivity index (χ1) is 15.8. The third-order valence-corrected chi connectivity index (χ3v) is 6.77. The number of rotatable bonds is 4. The zero-order valence-electron chi connectivity index (χ0n) is 22.2. The molecule has 2 atom stereocenters. The van der Waals surface area contributed by atoms with Gasteiger partial charge in [0.1, 0.15) is 5.60 Å². The highest BCUT2D eigenvalue weighted by atomic mass is 16.6. The van der Waals surface area contributed by atoms with E-state index >= 15 is 0 Å². The first-order valence-corrected chi connectivity index (χ1v) is 12.7. The fourth-order valence-electron chi connectivity index (χ4n) is 5.03. The molecule has 1 aromatic carbocycles. The molecule has 2 amide bonds. The first-order valence-electron chi connectivity index (χ1n) is 12.7. The van der Waals surface area contributed by atoms with E-state index in [1.165, 1.54) is 11.3 Å². The van der Waals surface area contributed by atoms with Gasteiger partial charge in [0.15, 0.2) is 0 Å². The second kappa shape index (κ2) is 10.5. The van der Waals surface area contributed by atoms with E-state index in [0.29, 0.717) is 25.0 Å². The number of nitrogens with one attached hydrogen (secondary N) is 1. The standard InChI is InChI=1S/C27H44N4O3/c1-20(32)28-31-13-12-22(19-24(31)26(2,3)4)18-21-8-10-23(11-9-21)29-14-16-30(17-15-29)25(33)34-27(5,6)7/h8-11,22,24H,12-19H2,1-7H3,(H,28,32). The number of hydrogen-bond donors (Lipinski definition) is 1. The average Bonchev–Trinajstić information content (AvgIpc) is 2.73. The number of ether oxygens (including phenoxy) is 1. The summed E-state index contributed by atoms with van der Waals surface area (Å²) >= 11 is 0. The Morgan fingerprint density at radius 3 is 2.12 bits per heavy atom. The highest BCUT2D eigenvalue weighted by Gasteiger charge is 2.36. The number of hydrazine groups is 1. The molecule has 0 aliphatic carbocycles. The molecule has 1 N–H and O–H groups in total. The van der Waals surface area contributed by atoms with E-state index in [1.54, 1.807) is 11.8 Å². The summed E-state index contributed by atoms with van der Waals surface area (Å²) in [5, 5.41) is 2.15. The van der Waals surface area contributed by atoms with Gasteiger partial charge in [-0.2, -0.15) is 0 Å². The van der Waals surface area contributed by atoms with Crippen LogP contribution in [0.15, 0.2) is 24.3 Å². The van der Waals surface area contributed by atoms with Crippen molar-refractivity contribution in [2.24, 2.45) is 11.3 Å². The molecule has 2 aliphatic rings. The maximum atomic E-state index is 12.3. The van der Waals surface area contributed by atoms with Crippen molar-refractivity contribution in [1.82, 2.24) is 15.3 Å². The Hall–Kier alpha value is -2.28. The van der Waals surface area contributed by atoms with Crippen molar-refractivity contribution in [2.75, 3.05) is 37.6 Å². The summed E-state index contributed by atoms with van der Waals surface area (Å²) in [4.78, 5) is 28.1. The summed E-state index contributed by atoms with van der Waals surface area (Å²) in [6.45, 7) is 17.9. The third-order valence-electron chi connectivity index (χ3n) is 6.77. The maximum Gasteiger partial charge on any atom is 0.410 e. The van der Waals surface area contributed by atoms with E-state index < -0.39 is 5.60 Å². The van der Waals surface area contributed by atoms with Crippen LogP contribution in [-0.4, -0.2) is 66.3 Å². The van der Waals surface area contributed by atoms with Gasteiger partial charge in [-0.3, -0.25) is 10.2 Å². The molecule has 1 aromatic rings. The lowest BCUT2D eigenvalue weighted by Gasteiger charge is -2.45. The Balaban J connectivity index is 1.53. The summed E-state index contributed by atoms with van der Waals surface area (Å²) in [6, 6.07) is 9.26. The number of anilines is 1. The molecule has 2 aliphatic heterocycles. The maximum absolute atomic E-state index is 12.3. The number of carbonyl (C=O) groups excluding carboxylic acids is 2. The van der Waals surface area contributed by atoms with Gasteiger partial charge >= 0.3 is 6.09 Å². The first kappa shape index (κ1) is 26.3. The molecule has 2 unspecified atom stereocenters. The van der Waals surface area contributed by atoms with Gasteiger partial charge in [-0.25, -0.2) is 9.80 Å². The topological polar surface area (TPSA) is 65.1 Å². The van der Waals surface area contributed by atoms with Crippen molar-refractivity contribution in [3.8, 4) is 0 Å². The van der Waals surface area contributed by atoms with Gasteiger partial charge in [-0.05, 0) is 69.1 Å². The van der Waals surface area contributed by atoms with Crippen LogP contribution >= 0.6 is 0 Å². The van der Waals surface area contributed by atoms with Crippen LogP contribution in [-0.2, 0) is 16.0 Å². The number of hydrogen-bond acceptors (Lipinski definition) is 5. The minimum absolute atomic E-state index is 0.00946. The van der Waals surface area contributed by atoms with Crippen LogP contribution in [0.3, 0.4) is 0 Å².